The van der Waals surface area contributed by atoms with Crippen molar-refractivity contribution in [2.24, 2.45) is 0 Å². The average Bonchev–Trinajstić information content (AvgIpc) is 2.74. The van der Waals surface area contributed by atoms with Crippen molar-refractivity contribution in [2.75, 3.05) is 0 Å². The van der Waals surface area contributed by atoms with Gasteiger partial charge in [-0.3, -0.25) is 4.79 Å². The minimum Gasteiger partial charge on any atom is -0.459 e. The van der Waals surface area contributed by atoms with Crippen molar-refractivity contribution < 1.29 is 14.3 Å². The number of nitrogens with one attached hydrogen (secondary N) is 1. The third kappa shape index (κ3) is 2.39. The number of hydrogen-bond donors (Lipinski definition) is 2. The number of amides is 1. The molecule has 4 heteroatoms. The molecule has 1 fully saturated rings. The van der Waals surface area contributed by atoms with E-state index in [1.807, 2.05) is 0 Å². The molecule has 0 bridgehead atoms. The van der Waals surface area contributed by atoms with Gasteiger partial charge in [-0.25, -0.2) is 0 Å². The maximum absolute atomic E-state index is 11.6. The summed E-state index contributed by atoms with van der Waals surface area (Å²) in [5.74, 6) is 0.0544. The Hall–Kier alpha value is -1.29. The summed E-state index contributed by atoms with van der Waals surface area (Å²) in [6, 6.07) is 3.16. The molecular weight excluding hydrogens is 194 g/mol. The minimum absolute atomic E-state index is 0.128. The molecule has 4 nitrogen and oxygen atoms in total. The van der Waals surface area contributed by atoms with Crippen molar-refractivity contribution in [3.8, 4) is 0 Å². The van der Waals surface area contributed by atoms with Crippen molar-refractivity contribution in [1.29, 1.82) is 0 Å². The molecule has 2 unspecified atom stereocenters. The van der Waals surface area contributed by atoms with E-state index in [0.29, 0.717) is 5.76 Å². The van der Waals surface area contributed by atoms with Crippen molar-refractivity contribution in [3.63, 3.8) is 0 Å². The zero-order valence-electron chi connectivity index (χ0n) is 8.48. The van der Waals surface area contributed by atoms with E-state index >= 15 is 0 Å². The van der Waals surface area contributed by atoms with Gasteiger partial charge in [-0.1, -0.05) is 12.8 Å². The number of rotatable bonds is 2. The Labute approximate surface area is 88.3 Å². The fourth-order valence-corrected chi connectivity index (χ4v) is 1.93. The van der Waals surface area contributed by atoms with Crippen molar-refractivity contribution in [3.05, 3.63) is 24.2 Å². The van der Waals surface area contributed by atoms with Gasteiger partial charge in [0.2, 0.25) is 0 Å². The van der Waals surface area contributed by atoms with E-state index in [4.69, 9.17) is 4.42 Å². The lowest BCUT2D eigenvalue weighted by Crippen LogP contribution is -2.44. The van der Waals surface area contributed by atoms with Crippen LogP contribution in [0, 0.1) is 0 Å². The first kappa shape index (κ1) is 10.2. The molecule has 1 aromatic heterocycles. The fraction of sp³-hybridized carbons (Fsp3) is 0.545. The van der Waals surface area contributed by atoms with Crippen LogP contribution in [0.1, 0.15) is 36.2 Å². The predicted octanol–water partition coefficient (Wildman–Crippen LogP) is 1.31. The van der Waals surface area contributed by atoms with Crippen LogP contribution in [-0.2, 0) is 0 Å². The fourth-order valence-electron chi connectivity index (χ4n) is 1.93. The molecule has 1 saturated carbocycles. The molecule has 1 aliphatic carbocycles. The van der Waals surface area contributed by atoms with E-state index in [-0.39, 0.29) is 11.9 Å². The smallest absolute Gasteiger partial charge is 0.287 e. The zero-order chi connectivity index (χ0) is 10.7. The van der Waals surface area contributed by atoms with E-state index in [0.717, 1.165) is 25.7 Å². The Morgan fingerprint density at radius 3 is 2.93 bits per heavy atom. The highest BCUT2D eigenvalue weighted by Crippen LogP contribution is 2.18. The number of hydrogen-bond acceptors (Lipinski definition) is 3. The van der Waals surface area contributed by atoms with Crippen LogP contribution in [0.4, 0.5) is 0 Å². The third-order valence-electron chi connectivity index (χ3n) is 2.79. The first-order valence-corrected chi connectivity index (χ1v) is 5.30. The highest BCUT2D eigenvalue weighted by Gasteiger charge is 2.25. The summed E-state index contributed by atoms with van der Waals surface area (Å²) in [7, 11) is 0. The molecule has 2 atom stereocenters. The van der Waals surface area contributed by atoms with Gasteiger partial charge in [0.1, 0.15) is 0 Å². The van der Waals surface area contributed by atoms with Gasteiger partial charge in [0.15, 0.2) is 5.76 Å². The predicted molar refractivity (Wildman–Crippen MR) is 54.4 cm³/mol. The van der Waals surface area contributed by atoms with Gasteiger partial charge in [0.25, 0.3) is 5.91 Å². The highest BCUT2D eigenvalue weighted by molar-refractivity contribution is 5.91. The summed E-state index contributed by atoms with van der Waals surface area (Å²) >= 11 is 0. The first-order valence-electron chi connectivity index (χ1n) is 5.30. The second-order valence-electron chi connectivity index (χ2n) is 3.91. The summed E-state index contributed by atoms with van der Waals surface area (Å²) in [5, 5.41) is 12.5. The van der Waals surface area contributed by atoms with Crippen LogP contribution in [-0.4, -0.2) is 23.2 Å². The van der Waals surface area contributed by atoms with Gasteiger partial charge < -0.3 is 14.8 Å². The lowest BCUT2D eigenvalue weighted by atomic mass is 9.92. The summed E-state index contributed by atoms with van der Waals surface area (Å²) in [6.45, 7) is 0. The molecule has 0 aromatic carbocycles. The van der Waals surface area contributed by atoms with E-state index in [1.54, 1.807) is 12.1 Å². The van der Waals surface area contributed by atoms with Crippen molar-refractivity contribution in [1.82, 2.24) is 5.32 Å². The molecule has 1 aromatic rings. The normalized spacial score (nSPS) is 26.2. The van der Waals surface area contributed by atoms with Crippen LogP contribution < -0.4 is 5.32 Å². The van der Waals surface area contributed by atoms with Crippen LogP contribution in [0.25, 0.3) is 0 Å². The molecule has 0 spiro atoms. The average molecular weight is 209 g/mol. The van der Waals surface area contributed by atoms with E-state index in [2.05, 4.69) is 5.32 Å². The minimum atomic E-state index is -0.419. The van der Waals surface area contributed by atoms with Crippen LogP contribution in [0.3, 0.4) is 0 Å². The summed E-state index contributed by atoms with van der Waals surface area (Å²) < 4.78 is 4.98. The monoisotopic (exact) mass is 209 g/mol. The maximum Gasteiger partial charge on any atom is 0.287 e. The largest absolute Gasteiger partial charge is 0.459 e. The quantitative estimate of drug-likeness (QED) is 0.772. The Bertz CT molecular complexity index is 321. The Kier molecular flexibility index (Phi) is 3.06. The Balaban J connectivity index is 1.93. The molecule has 1 aliphatic rings. The number of furan rings is 1. The van der Waals surface area contributed by atoms with Gasteiger partial charge >= 0.3 is 0 Å². The van der Waals surface area contributed by atoms with Crippen molar-refractivity contribution in [2.45, 2.75) is 37.8 Å². The van der Waals surface area contributed by atoms with Crippen LogP contribution in [0.5, 0.6) is 0 Å². The van der Waals surface area contributed by atoms with Gasteiger partial charge in [0.05, 0.1) is 18.4 Å². The molecule has 1 amide bonds. The van der Waals surface area contributed by atoms with E-state index in [1.165, 1.54) is 6.26 Å². The molecule has 0 radical (unpaired) electrons. The molecule has 15 heavy (non-hydrogen) atoms. The van der Waals surface area contributed by atoms with Gasteiger partial charge in [0, 0.05) is 0 Å². The summed E-state index contributed by atoms with van der Waals surface area (Å²) in [5.41, 5.74) is 0. The number of carbonyl (C=O) groups excluding carboxylic acids is 1. The van der Waals surface area contributed by atoms with Crippen molar-refractivity contribution >= 4 is 5.91 Å². The topological polar surface area (TPSA) is 62.5 Å². The standard InChI is InChI=1S/C11H15NO3/c13-9-5-2-1-4-8(9)12-11(14)10-6-3-7-15-10/h3,6-9,13H,1-2,4-5H2,(H,12,14). The number of aliphatic hydroxyl groups excluding tert-OH is 1. The second kappa shape index (κ2) is 4.49. The molecule has 0 aliphatic heterocycles. The molecule has 2 N–H and O–H groups in total. The van der Waals surface area contributed by atoms with Gasteiger partial charge in [-0.05, 0) is 25.0 Å². The molecular formula is C11H15NO3. The molecule has 1 heterocycles. The number of carbonyl (C=O) groups is 1. The lowest BCUT2D eigenvalue weighted by Gasteiger charge is -2.27. The highest BCUT2D eigenvalue weighted by atomic mass is 16.3. The summed E-state index contributed by atoms with van der Waals surface area (Å²) in [4.78, 5) is 11.6. The molecule has 82 valence electrons. The SMILES string of the molecule is O=C(NC1CCCCC1O)c1ccco1. The zero-order valence-corrected chi connectivity index (χ0v) is 8.48. The third-order valence-corrected chi connectivity index (χ3v) is 2.79. The van der Waals surface area contributed by atoms with Gasteiger partial charge in [-0.2, -0.15) is 0 Å². The van der Waals surface area contributed by atoms with Crippen LogP contribution >= 0.6 is 0 Å². The Morgan fingerprint density at radius 2 is 2.27 bits per heavy atom. The maximum atomic E-state index is 11.6. The van der Waals surface area contributed by atoms with Crippen LogP contribution in [0.15, 0.2) is 22.8 Å². The molecule has 0 saturated heterocycles. The second-order valence-corrected chi connectivity index (χ2v) is 3.91. The summed E-state index contributed by atoms with van der Waals surface area (Å²) in [6.07, 6.45) is 4.75. The first-order chi connectivity index (χ1) is 7.27. The van der Waals surface area contributed by atoms with Crippen LogP contribution in [0.2, 0.25) is 0 Å². The molecule has 2 rings (SSSR count). The van der Waals surface area contributed by atoms with E-state index < -0.39 is 6.10 Å². The number of aliphatic hydroxyl groups is 1. The van der Waals surface area contributed by atoms with Gasteiger partial charge in [-0.15, -0.1) is 0 Å². The van der Waals surface area contributed by atoms with E-state index in [9.17, 15) is 9.90 Å². The Morgan fingerprint density at radius 1 is 1.47 bits per heavy atom. The lowest BCUT2D eigenvalue weighted by molar-refractivity contribution is 0.0698.